The van der Waals surface area contributed by atoms with Gasteiger partial charge in [0, 0.05) is 24.6 Å². The number of aliphatic hydroxyl groups is 1. The minimum absolute atomic E-state index is 0.0998. The minimum Gasteiger partial charge on any atom is -0.396 e. The predicted molar refractivity (Wildman–Crippen MR) is 62.5 cm³/mol. The molecule has 0 aromatic carbocycles. The zero-order chi connectivity index (χ0) is 11.0. The van der Waals surface area contributed by atoms with Crippen LogP contribution in [0.5, 0.6) is 0 Å². The van der Waals surface area contributed by atoms with Gasteiger partial charge < -0.3 is 10.4 Å². The van der Waals surface area contributed by atoms with Crippen molar-refractivity contribution in [2.24, 2.45) is 5.41 Å². The lowest BCUT2D eigenvalue weighted by Crippen LogP contribution is -2.41. The average Bonchev–Trinajstić information content (AvgIpc) is 2.26. The molecule has 0 unspecified atom stereocenters. The quantitative estimate of drug-likeness (QED) is 0.632. The third-order valence-electron chi connectivity index (χ3n) is 3.59. The van der Waals surface area contributed by atoms with Gasteiger partial charge in [-0.25, -0.2) is 0 Å². The highest BCUT2D eigenvalue weighted by molar-refractivity contribution is 4.79. The monoisotopic (exact) mass is 201 g/mol. The average molecular weight is 201 g/mol. The van der Waals surface area contributed by atoms with E-state index >= 15 is 0 Å². The van der Waals surface area contributed by atoms with Crippen LogP contribution in [0, 0.1) is 5.41 Å². The Morgan fingerprint density at radius 1 is 1.07 bits per heavy atom. The van der Waals surface area contributed by atoms with Crippen LogP contribution in [0.1, 0.15) is 53.4 Å². The summed E-state index contributed by atoms with van der Waals surface area (Å²) in [4.78, 5) is 0. The van der Waals surface area contributed by atoms with E-state index in [1.165, 1.54) is 12.8 Å². The highest BCUT2D eigenvalue weighted by atomic mass is 16.3. The molecule has 0 aromatic heterocycles. The van der Waals surface area contributed by atoms with Crippen molar-refractivity contribution in [1.29, 1.82) is 0 Å². The number of aliphatic hydroxyl groups excluding tert-OH is 1. The molecule has 0 heterocycles. The third-order valence-corrected chi connectivity index (χ3v) is 3.59. The molecular formula is C12H27NO. The highest BCUT2D eigenvalue weighted by Gasteiger charge is 2.25. The maximum Gasteiger partial charge on any atom is 0.0499 e. The number of nitrogens with one attached hydrogen (secondary N) is 1. The fraction of sp³-hybridized carbons (Fsp3) is 1.00. The summed E-state index contributed by atoms with van der Waals surface area (Å²) in [6.07, 6.45) is 4.44. The van der Waals surface area contributed by atoms with Crippen molar-refractivity contribution in [2.75, 3.05) is 13.2 Å². The molecule has 0 spiro atoms. The number of hydrogen-bond donors (Lipinski definition) is 2. The van der Waals surface area contributed by atoms with Crippen LogP contribution in [0.4, 0.5) is 0 Å². The summed E-state index contributed by atoms with van der Waals surface area (Å²) in [5, 5.41) is 12.9. The molecular weight excluding hydrogens is 174 g/mol. The van der Waals surface area contributed by atoms with Crippen LogP contribution in [-0.4, -0.2) is 24.3 Å². The van der Waals surface area contributed by atoms with Crippen LogP contribution < -0.4 is 5.32 Å². The summed E-state index contributed by atoms with van der Waals surface area (Å²) in [6, 6.07) is 0.610. The van der Waals surface area contributed by atoms with Crippen molar-refractivity contribution in [3.63, 3.8) is 0 Å². The second kappa shape index (κ2) is 7.24. The van der Waals surface area contributed by atoms with E-state index in [1.54, 1.807) is 0 Å². The van der Waals surface area contributed by atoms with Gasteiger partial charge in [0.1, 0.15) is 0 Å². The molecule has 0 atom stereocenters. The molecule has 0 aromatic rings. The van der Waals surface area contributed by atoms with Crippen molar-refractivity contribution in [1.82, 2.24) is 5.32 Å². The van der Waals surface area contributed by atoms with E-state index in [1.807, 2.05) is 0 Å². The fourth-order valence-electron chi connectivity index (χ4n) is 1.72. The molecule has 0 saturated heterocycles. The topological polar surface area (TPSA) is 32.3 Å². The second-order valence-corrected chi connectivity index (χ2v) is 4.26. The lowest BCUT2D eigenvalue weighted by Gasteiger charge is -2.31. The Morgan fingerprint density at radius 3 is 1.86 bits per heavy atom. The maximum absolute atomic E-state index is 9.39. The van der Waals surface area contributed by atoms with Gasteiger partial charge in [0.15, 0.2) is 0 Å². The normalized spacial score (nSPS) is 12.4. The molecule has 0 fully saturated rings. The molecule has 0 aliphatic rings. The summed E-state index contributed by atoms with van der Waals surface area (Å²) < 4.78 is 0. The SMILES string of the molecule is CCC(CC)NCC(CC)(CC)CO. The molecule has 14 heavy (non-hydrogen) atoms. The van der Waals surface area contributed by atoms with Crippen LogP contribution in [0.2, 0.25) is 0 Å². The Morgan fingerprint density at radius 2 is 1.57 bits per heavy atom. The first-order chi connectivity index (χ1) is 6.67. The first-order valence-electron chi connectivity index (χ1n) is 6.02. The van der Waals surface area contributed by atoms with Crippen molar-refractivity contribution in [2.45, 2.75) is 59.4 Å². The smallest absolute Gasteiger partial charge is 0.0499 e. The molecule has 0 aliphatic heterocycles. The predicted octanol–water partition coefficient (Wildman–Crippen LogP) is 2.56. The summed E-state index contributed by atoms with van der Waals surface area (Å²) in [7, 11) is 0. The van der Waals surface area contributed by atoms with Crippen LogP contribution in [0.25, 0.3) is 0 Å². The van der Waals surface area contributed by atoms with Gasteiger partial charge in [0.25, 0.3) is 0 Å². The first-order valence-corrected chi connectivity index (χ1v) is 6.02. The molecule has 0 radical (unpaired) electrons. The van der Waals surface area contributed by atoms with E-state index in [2.05, 4.69) is 33.0 Å². The minimum atomic E-state index is 0.0998. The van der Waals surface area contributed by atoms with Gasteiger partial charge in [-0.2, -0.15) is 0 Å². The van der Waals surface area contributed by atoms with Crippen molar-refractivity contribution < 1.29 is 5.11 Å². The molecule has 2 nitrogen and oxygen atoms in total. The lowest BCUT2D eigenvalue weighted by molar-refractivity contribution is 0.109. The largest absolute Gasteiger partial charge is 0.396 e. The van der Waals surface area contributed by atoms with Gasteiger partial charge in [-0.1, -0.05) is 27.7 Å². The third kappa shape index (κ3) is 3.97. The van der Waals surface area contributed by atoms with Crippen LogP contribution in [-0.2, 0) is 0 Å². The van der Waals surface area contributed by atoms with Gasteiger partial charge in [-0.3, -0.25) is 0 Å². The maximum atomic E-state index is 9.39. The summed E-state index contributed by atoms with van der Waals surface area (Å²) in [6.45, 7) is 9.98. The molecule has 0 saturated carbocycles. The molecule has 2 N–H and O–H groups in total. The number of hydrogen-bond acceptors (Lipinski definition) is 2. The lowest BCUT2D eigenvalue weighted by atomic mass is 9.83. The molecule has 0 aliphatic carbocycles. The van der Waals surface area contributed by atoms with Crippen LogP contribution >= 0.6 is 0 Å². The van der Waals surface area contributed by atoms with E-state index in [-0.39, 0.29) is 5.41 Å². The van der Waals surface area contributed by atoms with E-state index in [0.29, 0.717) is 12.6 Å². The van der Waals surface area contributed by atoms with E-state index in [4.69, 9.17) is 0 Å². The first kappa shape index (κ1) is 13.9. The zero-order valence-electron chi connectivity index (χ0n) is 10.3. The highest BCUT2D eigenvalue weighted by Crippen LogP contribution is 2.24. The molecule has 0 amide bonds. The van der Waals surface area contributed by atoms with E-state index in [0.717, 1.165) is 19.4 Å². The Labute approximate surface area is 89.1 Å². The van der Waals surface area contributed by atoms with Gasteiger partial charge in [0.2, 0.25) is 0 Å². The van der Waals surface area contributed by atoms with Gasteiger partial charge >= 0.3 is 0 Å². The molecule has 0 bridgehead atoms. The van der Waals surface area contributed by atoms with Crippen molar-refractivity contribution in [3.05, 3.63) is 0 Å². The Hall–Kier alpha value is -0.0800. The standard InChI is InChI=1S/C12H27NO/c1-5-11(6-2)13-9-12(7-3,8-4)10-14/h11,13-14H,5-10H2,1-4H3. The Bertz CT molecular complexity index is 120. The molecule has 86 valence electrons. The van der Waals surface area contributed by atoms with Gasteiger partial charge in [-0.05, 0) is 25.7 Å². The molecule has 0 rings (SSSR count). The Kier molecular flexibility index (Phi) is 7.20. The van der Waals surface area contributed by atoms with Gasteiger partial charge in [-0.15, -0.1) is 0 Å². The van der Waals surface area contributed by atoms with E-state index in [9.17, 15) is 5.11 Å². The summed E-state index contributed by atoms with van der Waals surface area (Å²) in [5.74, 6) is 0. The van der Waals surface area contributed by atoms with Crippen LogP contribution in [0.3, 0.4) is 0 Å². The van der Waals surface area contributed by atoms with Gasteiger partial charge in [0.05, 0.1) is 0 Å². The van der Waals surface area contributed by atoms with Crippen molar-refractivity contribution in [3.8, 4) is 0 Å². The second-order valence-electron chi connectivity index (χ2n) is 4.26. The summed E-state index contributed by atoms with van der Waals surface area (Å²) >= 11 is 0. The van der Waals surface area contributed by atoms with Crippen molar-refractivity contribution >= 4 is 0 Å². The Balaban J connectivity index is 4.04. The number of rotatable bonds is 8. The summed E-state index contributed by atoms with van der Waals surface area (Å²) in [5.41, 5.74) is 0.0998. The van der Waals surface area contributed by atoms with E-state index < -0.39 is 0 Å². The van der Waals surface area contributed by atoms with Crippen LogP contribution in [0.15, 0.2) is 0 Å². The zero-order valence-corrected chi connectivity index (χ0v) is 10.3. The fourth-order valence-corrected chi connectivity index (χ4v) is 1.72. The molecule has 2 heteroatoms.